The van der Waals surface area contributed by atoms with E-state index in [-0.39, 0.29) is 12.0 Å². The van der Waals surface area contributed by atoms with Crippen LogP contribution in [-0.2, 0) is 4.74 Å². The number of nitrogens with one attached hydrogen (secondary N) is 1. The van der Waals surface area contributed by atoms with Crippen molar-refractivity contribution in [3.8, 4) is 0 Å². The molecule has 96 valence electrons. The molecule has 0 saturated carbocycles. The van der Waals surface area contributed by atoms with E-state index in [1.54, 1.807) is 0 Å². The third-order valence-electron chi connectivity index (χ3n) is 3.16. The van der Waals surface area contributed by atoms with E-state index in [2.05, 4.69) is 29.3 Å². The van der Waals surface area contributed by atoms with Gasteiger partial charge in [-0.25, -0.2) is 0 Å². The summed E-state index contributed by atoms with van der Waals surface area (Å²) in [6.07, 6.45) is -0.0108. The lowest BCUT2D eigenvalue weighted by Gasteiger charge is -2.19. The third kappa shape index (κ3) is 3.00. The molecule has 0 aromatic carbocycles. The Morgan fingerprint density at radius 1 is 1.47 bits per heavy atom. The molecule has 1 N–H and O–H groups in total. The van der Waals surface area contributed by atoms with Crippen LogP contribution in [0.5, 0.6) is 0 Å². The van der Waals surface area contributed by atoms with Gasteiger partial charge >= 0.3 is 0 Å². The van der Waals surface area contributed by atoms with Crippen molar-refractivity contribution in [1.29, 1.82) is 0 Å². The van der Waals surface area contributed by atoms with E-state index in [0.717, 1.165) is 18.1 Å². The van der Waals surface area contributed by atoms with E-state index in [9.17, 15) is 0 Å². The van der Waals surface area contributed by atoms with Gasteiger partial charge < -0.3 is 14.6 Å². The Kier molecular flexibility index (Phi) is 4.42. The van der Waals surface area contributed by atoms with Crippen LogP contribution in [0.1, 0.15) is 37.6 Å². The number of rotatable bonds is 4. The second kappa shape index (κ2) is 5.84. The molecule has 0 bridgehead atoms. The molecular formula is C11H19N3O2S. The van der Waals surface area contributed by atoms with E-state index >= 15 is 0 Å². The molecule has 1 fully saturated rings. The Labute approximate surface area is 106 Å². The average molecular weight is 257 g/mol. The Hall–Kier alpha value is -0.590. The topological polar surface area (TPSA) is 60.2 Å². The van der Waals surface area contributed by atoms with Crippen LogP contribution in [0.15, 0.2) is 4.52 Å². The summed E-state index contributed by atoms with van der Waals surface area (Å²) >= 11 is 1.87. The molecule has 3 unspecified atom stereocenters. The van der Waals surface area contributed by atoms with Crippen LogP contribution in [0, 0.1) is 0 Å². The number of nitrogens with zero attached hydrogens (tertiary/aromatic N) is 2. The van der Waals surface area contributed by atoms with Crippen molar-refractivity contribution in [2.75, 3.05) is 25.2 Å². The van der Waals surface area contributed by atoms with Crippen LogP contribution in [-0.4, -0.2) is 41.3 Å². The number of aromatic nitrogens is 2. The zero-order chi connectivity index (χ0) is 12.3. The number of likely N-dealkylation sites (N-methyl/N-ethyl adjacent to an activating group) is 1. The summed E-state index contributed by atoms with van der Waals surface area (Å²) in [5, 5.41) is 7.21. The van der Waals surface area contributed by atoms with Gasteiger partial charge in [0.25, 0.3) is 0 Å². The van der Waals surface area contributed by atoms with Crippen LogP contribution in [0.2, 0.25) is 0 Å². The highest BCUT2D eigenvalue weighted by Gasteiger charge is 2.25. The van der Waals surface area contributed by atoms with Gasteiger partial charge in [-0.2, -0.15) is 16.7 Å². The number of ether oxygens (including phenoxy) is 1. The second-order valence-corrected chi connectivity index (χ2v) is 5.44. The standard InChI is InChI=1S/C11H19N3O2S/c1-7(8(2)12-3)11-13-10(14-16-11)9-6-17-5-4-15-9/h7-9,12H,4-6H2,1-3H3. The highest BCUT2D eigenvalue weighted by Crippen LogP contribution is 2.26. The zero-order valence-electron chi connectivity index (χ0n) is 10.5. The van der Waals surface area contributed by atoms with Crippen molar-refractivity contribution in [2.45, 2.75) is 31.9 Å². The normalized spacial score (nSPS) is 24.5. The fourth-order valence-electron chi connectivity index (χ4n) is 1.66. The lowest BCUT2D eigenvalue weighted by molar-refractivity contribution is 0.0677. The first-order valence-corrected chi connectivity index (χ1v) is 7.08. The summed E-state index contributed by atoms with van der Waals surface area (Å²) in [6.45, 7) is 4.94. The molecule has 2 rings (SSSR count). The lowest BCUT2D eigenvalue weighted by Crippen LogP contribution is -2.27. The van der Waals surface area contributed by atoms with Gasteiger partial charge in [0, 0.05) is 17.5 Å². The minimum absolute atomic E-state index is 0.0108. The van der Waals surface area contributed by atoms with Crippen LogP contribution in [0.4, 0.5) is 0 Å². The van der Waals surface area contributed by atoms with Crippen molar-refractivity contribution in [3.05, 3.63) is 11.7 Å². The van der Waals surface area contributed by atoms with Crippen LogP contribution in [0.3, 0.4) is 0 Å². The van der Waals surface area contributed by atoms with E-state index in [0.29, 0.717) is 17.8 Å². The Morgan fingerprint density at radius 2 is 2.29 bits per heavy atom. The molecule has 2 heterocycles. The predicted molar refractivity (Wildman–Crippen MR) is 67.3 cm³/mol. The van der Waals surface area contributed by atoms with E-state index in [1.165, 1.54) is 0 Å². The first-order valence-electron chi connectivity index (χ1n) is 5.92. The molecule has 0 spiro atoms. The second-order valence-electron chi connectivity index (χ2n) is 4.29. The van der Waals surface area contributed by atoms with Gasteiger partial charge in [-0.1, -0.05) is 12.1 Å². The van der Waals surface area contributed by atoms with Crippen molar-refractivity contribution >= 4 is 11.8 Å². The van der Waals surface area contributed by atoms with Crippen LogP contribution < -0.4 is 5.32 Å². The molecule has 5 nitrogen and oxygen atoms in total. The minimum Gasteiger partial charge on any atom is -0.368 e. The van der Waals surface area contributed by atoms with Crippen LogP contribution in [0.25, 0.3) is 0 Å². The molecule has 0 amide bonds. The molecule has 17 heavy (non-hydrogen) atoms. The Balaban J connectivity index is 2.04. The average Bonchev–Trinajstić information content (AvgIpc) is 2.87. The molecule has 1 aliphatic rings. The summed E-state index contributed by atoms with van der Waals surface area (Å²) in [6, 6.07) is 0.310. The lowest BCUT2D eigenvalue weighted by atomic mass is 10.0. The van der Waals surface area contributed by atoms with Crippen molar-refractivity contribution in [1.82, 2.24) is 15.5 Å². The Morgan fingerprint density at radius 3 is 2.94 bits per heavy atom. The molecule has 3 atom stereocenters. The maximum absolute atomic E-state index is 5.62. The largest absolute Gasteiger partial charge is 0.368 e. The summed E-state index contributed by atoms with van der Waals surface area (Å²) < 4.78 is 10.9. The summed E-state index contributed by atoms with van der Waals surface area (Å²) in [4.78, 5) is 4.45. The quantitative estimate of drug-likeness (QED) is 0.884. The molecule has 0 aliphatic carbocycles. The molecule has 1 aliphatic heterocycles. The van der Waals surface area contributed by atoms with Crippen molar-refractivity contribution in [2.24, 2.45) is 0 Å². The fraction of sp³-hybridized carbons (Fsp3) is 0.818. The molecule has 1 aromatic rings. The first kappa shape index (κ1) is 12.9. The fourth-order valence-corrected chi connectivity index (χ4v) is 2.50. The Bertz CT molecular complexity index is 336. The highest BCUT2D eigenvalue weighted by molar-refractivity contribution is 7.99. The van der Waals surface area contributed by atoms with Gasteiger partial charge in [-0.15, -0.1) is 0 Å². The first-order chi connectivity index (χ1) is 8.22. The van der Waals surface area contributed by atoms with E-state index in [1.807, 2.05) is 18.8 Å². The maximum atomic E-state index is 5.62. The van der Waals surface area contributed by atoms with E-state index in [4.69, 9.17) is 9.26 Å². The monoisotopic (exact) mass is 257 g/mol. The third-order valence-corrected chi connectivity index (χ3v) is 4.15. The molecule has 6 heteroatoms. The minimum atomic E-state index is -0.0108. The maximum Gasteiger partial charge on any atom is 0.231 e. The zero-order valence-corrected chi connectivity index (χ0v) is 11.3. The molecular weight excluding hydrogens is 238 g/mol. The van der Waals surface area contributed by atoms with E-state index < -0.39 is 0 Å². The highest BCUT2D eigenvalue weighted by atomic mass is 32.2. The number of thioether (sulfide) groups is 1. The van der Waals surface area contributed by atoms with Gasteiger partial charge in [-0.3, -0.25) is 0 Å². The number of hydrogen-bond acceptors (Lipinski definition) is 6. The van der Waals surface area contributed by atoms with Gasteiger partial charge in [0.1, 0.15) is 6.10 Å². The smallest absolute Gasteiger partial charge is 0.231 e. The van der Waals surface area contributed by atoms with Crippen molar-refractivity contribution in [3.63, 3.8) is 0 Å². The van der Waals surface area contributed by atoms with Gasteiger partial charge in [-0.05, 0) is 14.0 Å². The molecule has 0 radical (unpaired) electrons. The summed E-state index contributed by atoms with van der Waals surface area (Å²) in [5.74, 6) is 3.53. The summed E-state index contributed by atoms with van der Waals surface area (Å²) in [5.41, 5.74) is 0. The SMILES string of the molecule is CNC(C)C(C)c1nc(C2CSCCO2)no1. The predicted octanol–water partition coefficient (Wildman–Crippen LogP) is 1.59. The summed E-state index contributed by atoms with van der Waals surface area (Å²) in [7, 11) is 1.93. The molecule has 1 aromatic heterocycles. The van der Waals surface area contributed by atoms with Crippen LogP contribution >= 0.6 is 11.8 Å². The number of hydrogen-bond donors (Lipinski definition) is 1. The van der Waals surface area contributed by atoms with Gasteiger partial charge in [0.15, 0.2) is 0 Å². The van der Waals surface area contributed by atoms with Gasteiger partial charge in [0.05, 0.1) is 12.5 Å². The molecule has 1 saturated heterocycles. The van der Waals surface area contributed by atoms with Gasteiger partial charge in [0.2, 0.25) is 11.7 Å². The van der Waals surface area contributed by atoms with Crippen molar-refractivity contribution < 1.29 is 9.26 Å².